The van der Waals surface area contributed by atoms with Gasteiger partial charge < -0.3 is 0 Å². The average Bonchev–Trinajstić information content (AvgIpc) is 2.60. The second-order valence-corrected chi connectivity index (χ2v) is 5.21. The number of hydrogen-bond acceptors (Lipinski definition) is 1. The summed E-state index contributed by atoms with van der Waals surface area (Å²) < 4.78 is 0. The second kappa shape index (κ2) is 6.67. The maximum absolute atomic E-state index is 11.4. The van der Waals surface area contributed by atoms with Crippen LogP contribution in [0.15, 0.2) is 23.3 Å². The van der Waals surface area contributed by atoms with Gasteiger partial charge in [-0.2, -0.15) is 0 Å². The van der Waals surface area contributed by atoms with Crippen molar-refractivity contribution in [2.75, 3.05) is 0 Å². The summed E-state index contributed by atoms with van der Waals surface area (Å²) in [5.41, 5.74) is 2.49. The number of Topliss-reactive ketones (excluding diaryl/α,β-unsaturated/α-hetero) is 1. The summed E-state index contributed by atoms with van der Waals surface area (Å²) in [5, 5.41) is 0. The molecular formula is C15H24O. The van der Waals surface area contributed by atoms with Crippen molar-refractivity contribution in [1.82, 2.24) is 0 Å². The number of hydrogen-bond donors (Lipinski definition) is 0. The molecule has 0 heterocycles. The van der Waals surface area contributed by atoms with E-state index >= 15 is 0 Å². The van der Waals surface area contributed by atoms with Crippen LogP contribution in [0.5, 0.6) is 0 Å². The molecule has 1 atom stereocenters. The fourth-order valence-electron chi connectivity index (χ4n) is 2.07. The minimum absolute atomic E-state index is 0.386. The Morgan fingerprint density at radius 3 is 2.69 bits per heavy atom. The molecule has 1 heteroatoms. The van der Waals surface area contributed by atoms with Gasteiger partial charge in [-0.1, -0.05) is 24.6 Å². The van der Waals surface area contributed by atoms with Gasteiger partial charge in [0.25, 0.3) is 0 Å². The Bertz CT molecular complexity index is 293. The quantitative estimate of drug-likeness (QED) is 0.494. The molecule has 16 heavy (non-hydrogen) atoms. The summed E-state index contributed by atoms with van der Waals surface area (Å²) in [5.74, 6) is 1.08. The highest BCUT2D eigenvalue weighted by Crippen LogP contribution is 2.22. The first kappa shape index (κ1) is 13.2. The molecule has 1 fully saturated rings. The van der Waals surface area contributed by atoms with Gasteiger partial charge in [0, 0.05) is 6.42 Å². The summed E-state index contributed by atoms with van der Waals surface area (Å²) in [6.45, 7) is 6.56. The molecule has 1 rings (SSSR count). The zero-order valence-corrected chi connectivity index (χ0v) is 10.9. The lowest BCUT2D eigenvalue weighted by Crippen LogP contribution is -1.96. The number of rotatable bonds is 5. The van der Waals surface area contributed by atoms with Gasteiger partial charge >= 0.3 is 0 Å². The summed E-state index contributed by atoms with van der Waals surface area (Å²) in [6, 6.07) is 0. The van der Waals surface area contributed by atoms with Gasteiger partial charge in [-0.05, 0) is 57.4 Å². The molecule has 0 aliphatic heterocycles. The molecule has 0 bridgehead atoms. The van der Waals surface area contributed by atoms with Gasteiger partial charge in [-0.15, -0.1) is 0 Å². The van der Waals surface area contributed by atoms with Gasteiger partial charge in [0.05, 0.1) is 0 Å². The molecule has 1 aliphatic carbocycles. The van der Waals surface area contributed by atoms with E-state index in [0.29, 0.717) is 11.7 Å². The van der Waals surface area contributed by atoms with E-state index in [1.54, 1.807) is 0 Å². The number of carbonyl (C=O) groups is 1. The van der Waals surface area contributed by atoms with E-state index in [2.05, 4.69) is 32.9 Å². The van der Waals surface area contributed by atoms with Crippen molar-refractivity contribution in [3.05, 3.63) is 23.3 Å². The van der Waals surface area contributed by atoms with Crippen molar-refractivity contribution in [2.24, 2.45) is 5.92 Å². The van der Waals surface area contributed by atoms with E-state index in [9.17, 15) is 4.79 Å². The minimum atomic E-state index is 0.386. The van der Waals surface area contributed by atoms with Gasteiger partial charge in [0.1, 0.15) is 0 Å². The van der Waals surface area contributed by atoms with Gasteiger partial charge in [-0.3, -0.25) is 4.79 Å². The fraction of sp³-hybridized carbons (Fsp3) is 0.667. The summed E-state index contributed by atoms with van der Waals surface area (Å²) in [6.07, 6.45) is 10.8. The van der Waals surface area contributed by atoms with Crippen LogP contribution in [0.1, 0.15) is 59.3 Å². The minimum Gasteiger partial charge on any atom is -0.295 e. The Labute approximate surface area is 99.6 Å². The fourth-order valence-corrected chi connectivity index (χ4v) is 2.07. The van der Waals surface area contributed by atoms with E-state index in [4.69, 9.17) is 0 Å². The Balaban J connectivity index is 2.26. The highest BCUT2D eigenvalue weighted by molar-refractivity contribution is 5.97. The standard InChI is InChI=1S/C15H24O/c1-12(2)6-4-7-13(3)10-11-14-8-5-9-15(14)16/h6,11,13H,4-5,7-10H2,1-3H3/b14-11+. The van der Waals surface area contributed by atoms with Crippen LogP contribution in [-0.2, 0) is 4.79 Å². The molecular weight excluding hydrogens is 196 g/mol. The molecule has 0 aromatic carbocycles. The number of ketones is 1. The lowest BCUT2D eigenvalue weighted by molar-refractivity contribution is -0.114. The predicted octanol–water partition coefficient (Wildman–Crippen LogP) is 4.44. The first-order chi connectivity index (χ1) is 7.59. The summed E-state index contributed by atoms with van der Waals surface area (Å²) in [4.78, 5) is 11.4. The maximum atomic E-state index is 11.4. The molecule has 0 aromatic heterocycles. The van der Waals surface area contributed by atoms with Crippen LogP contribution in [0, 0.1) is 5.92 Å². The Kier molecular flexibility index (Phi) is 5.51. The summed E-state index contributed by atoms with van der Waals surface area (Å²) >= 11 is 0. The Morgan fingerprint density at radius 1 is 1.38 bits per heavy atom. The molecule has 1 saturated carbocycles. The molecule has 0 N–H and O–H groups in total. The van der Waals surface area contributed by atoms with E-state index in [1.165, 1.54) is 18.4 Å². The molecule has 0 aromatic rings. The SMILES string of the molecule is CC(C)=CCCC(C)C/C=C1\CCCC1=O. The van der Waals surface area contributed by atoms with E-state index in [1.807, 2.05) is 0 Å². The van der Waals surface area contributed by atoms with Crippen molar-refractivity contribution in [2.45, 2.75) is 59.3 Å². The number of carbonyl (C=O) groups excluding carboxylic acids is 1. The van der Waals surface area contributed by atoms with Crippen LogP contribution >= 0.6 is 0 Å². The Hall–Kier alpha value is -0.850. The zero-order valence-electron chi connectivity index (χ0n) is 10.9. The first-order valence-corrected chi connectivity index (χ1v) is 6.45. The van der Waals surface area contributed by atoms with Crippen LogP contribution in [0.2, 0.25) is 0 Å². The second-order valence-electron chi connectivity index (χ2n) is 5.21. The molecule has 0 radical (unpaired) electrons. The lowest BCUT2D eigenvalue weighted by atomic mass is 9.99. The highest BCUT2D eigenvalue weighted by Gasteiger charge is 2.16. The van der Waals surface area contributed by atoms with Crippen LogP contribution in [0.25, 0.3) is 0 Å². The van der Waals surface area contributed by atoms with Crippen molar-refractivity contribution >= 4 is 5.78 Å². The first-order valence-electron chi connectivity index (χ1n) is 6.45. The monoisotopic (exact) mass is 220 g/mol. The van der Waals surface area contributed by atoms with Crippen molar-refractivity contribution in [1.29, 1.82) is 0 Å². The van der Waals surface area contributed by atoms with Gasteiger partial charge in [-0.25, -0.2) is 0 Å². The molecule has 1 aliphatic rings. The molecule has 1 unspecified atom stereocenters. The van der Waals surface area contributed by atoms with Crippen LogP contribution in [0.3, 0.4) is 0 Å². The highest BCUT2D eigenvalue weighted by atomic mass is 16.1. The molecule has 0 spiro atoms. The normalized spacial score (nSPS) is 20.2. The number of allylic oxidation sites excluding steroid dienone is 4. The maximum Gasteiger partial charge on any atom is 0.158 e. The summed E-state index contributed by atoms with van der Waals surface area (Å²) in [7, 11) is 0. The largest absolute Gasteiger partial charge is 0.295 e. The van der Waals surface area contributed by atoms with Crippen molar-refractivity contribution in [3.63, 3.8) is 0 Å². The molecule has 90 valence electrons. The predicted molar refractivity (Wildman–Crippen MR) is 69.4 cm³/mol. The molecule has 0 amide bonds. The van der Waals surface area contributed by atoms with Crippen LogP contribution in [-0.4, -0.2) is 5.78 Å². The lowest BCUT2D eigenvalue weighted by Gasteiger charge is -2.07. The van der Waals surface area contributed by atoms with Crippen molar-refractivity contribution < 1.29 is 4.79 Å². The smallest absolute Gasteiger partial charge is 0.158 e. The van der Waals surface area contributed by atoms with E-state index < -0.39 is 0 Å². The van der Waals surface area contributed by atoms with Gasteiger partial charge in [0.2, 0.25) is 0 Å². The third-order valence-corrected chi connectivity index (χ3v) is 3.19. The molecule has 0 saturated heterocycles. The molecule has 1 nitrogen and oxygen atoms in total. The van der Waals surface area contributed by atoms with Gasteiger partial charge in [0.15, 0.2) is 5.78 Å². The van der Waals surface area contributed by atoms with E-state index in [-0.39, 0.29) is 0 Å². The van der Waals surface area contributed by atoms with E-state index in [0.717, 1.165) is 31.3 Å². The van der Waals surface area contributed by atoms with Crippen molar-refractivity contribution in [3.8, 4) is 0 Å². The van der Waals surface area contributed by atoms with Crippen LogP contribution < -0.4 is 0 Å². The Morgan fingerprint density at radius 2 is 2.12 bits per heavy atom. The third-order valence-electron chi connectivity index (χ3n) is 3.19. The van der Waals surface area contributed by atoms with Crippen LogP contribution in [0.4, 0.5) is 0 Å². The topological polar surface area (TPSA) is 17.1 Å². The average molecular weight is 220 g/mol. The third kappa shape index (κ3) is 4.78. The zero-order chi connectivity index (χ0) is 12.0.